The molecule has 0 bridgehead atoms. The maximum absolute atomic E-state index is 12.6. The van der Waals surface area contributed by atoms with Crippen LogP contribution in [0.1, 0.15) is 5.56 Å². The Morgan fingerprint density at radius 2 is 1.78 bits per heavy atom. The van der Waals surface area contributed by atoms with Crippen molar-refractivity contribution in [3.8, 4) is 11.5 Å². The predicted molar refractivity (Wildman–Crippen MR) is 122 cm³/mol. The van der Waals surface area contributed by atoms with Crippen LogP contribution >= 0.6 is 0 Å². The summed E-state index contributed by atoms with van der Waals surface area (Å²) in [6.45, 7) is 4.59. The van der Waals surface area contributed by atoms with Gasteiger partial charge in [-0.3, -0.25) is 4.79 Å². The van der Waals surface area contributed by atoms with E-state index in [0.717, 1.165) is 17.2 Å². The van der Waals surface area contributed by atoms with Crippen molar-refractivity contribution in [2.45, 2.75) is 6.92 Å². The van der Waals surface area contributed by atoms with Crippen LogP contribution in [0.3, 0.4) is 0 Å². The van der Waals surface area contributed by atoms with E-state index in [-0.39, 0.29) is 12.5 Å². The van der Waals surface area contributed by atoms with E-state index in [2.05, 4.69) is 25.2 Å². The fourth-order valence-electron chi connectivity index (χ4n) is 3.44. The van der Waals surface area contributed by atoms with Crippen molar-refractivity contribution >= 4 is 23.4 Å². The summed E-state index contributed by atoms with van der Waals surface area (Å²) in [6.07, 6.45) is 3.29. The highest BCUT2D eigenvalue weighted by Crippen LogP contribution is 2.20. The lowest BCUT2D eigenvalue weighted by molar-refractivity contribution is -0.133. The van der Waals surface area contributed by atoms with Gasteiger partial charge in [0.1, 0.15) is 35.3 Å². The van der Waals surface area contributed by atoms with Gasteiger partial charge in [-0.15, -0.1) is 0 Å². The first-order chi connectivity index (χ1) is 15.6. The molecule has 1 saturated heterocycles. The zero-order valence-corrected chi connectivity index (χ0v) is 18.2. The molecule has 3 aromatic rings. The van der Waals surface area contributed by atoms with Crippen molar-refractivity contribution in [1.82, 2.24) is 19.9 Å². The minimum Gasteiger partial charge on any atom is -0.497 e. The van der Waals surface area contributed by atoms with E-state index < -0.39 is 0 Å². The fraction of sp³-hybridized carbons (Fsp3) is 0.304. The van der Waals surface area contributed by atoms with Gasteiger partial charge < -0.3 is 24.6 Å². The summed E-state index contributed by atoms with van der Waals surface area (Å²) in [5, 5.41) is 3.21. The van der Waals surface area contributed by atoms with Gasteiger partial charge in [0.25, 0.3) is 5.91 Å². The second-order valence-corrected chi connectivity index (χ2v) is 7.44. The lowest BCUT2D eigenvalue weighted by Crippen LogP contribution is -2.50. The van der Waals surface area contributed by atoms with Gasteiger partial charge >= 0.3 is 0 Å². The van der Waals surface area contributed by atoms with Crippen molar-refractivity contribution in [3.63, 3.8) is 0 Å². The third-order valence-corrected chi connectivity index (χ3v) is 5.18. The zero-order chi connectivity index (χ0) is 22.3. The smallest absolute Gasteiger partial charge is 0.260 e. The molecule has 1 aliphatic heterocycles. The molecule has 1 aromatic carbocycles. The number of benzene rings is 1. The van der Waals surface area contributed by atoms with E-state index in [0.29, 0.717) is 43.5 Å². The molecule has 0 radical (unpaired) electrons. The van der Waals surface area contributed by atoms with Gasteiger partial charge in [-0.25, -0.2) is 15.0 Å². The molecule has 32 heavy (non-hydrogen) atoms. The number of methoxy groups -OCH3 is 1. The highest BCUT2D eigenvalue weighted by atomic mass is 16.5. The molecule has 9 heteroatoms. The minimum absolute atomic E-state index is 0.00175. The Kier molecular flexibility index (Phi) is 6.64. The monoisotopic (exact) mass is 434 g/mol. The average Bonchev–Trinajstić information content (AvgIpc) is 2.83. The second kappa shape index (κ2) is 9.95. The van der Waals surface area contributed by atoms with E-state index in [4.69, 9.17) is 9.47 Å². The van der Waals surface area contributed by atoms with E-state index in [1.165, 1.54) is 6.33 Å². The number of piperazine rings is 1. The summed E-state index contributed by atoms with van der Waals surface area (Å²) in [6, 6.07) is 13.0. The Balaban J connectivity index is 1.30. The molecular weight excluding hydrogens is 408 g/mol. The first-order valence-electron chi connectivity index (χ1n) is 10.4. The number of aromatic nitrogens is 3. The number of hydrogen-bond donors (Lipinski definition) is 1. The third-order valence-electron chi connectivity index (χ3n) is 5.18. The van der Waals surface area contributed by atoms with Crippen molar-refractivity contribution in [1.29, 1.82) is 0 Å². The summed E-state index contributed by atoms with van der Waals surface area (Å²) in [4.78, 5) is 29.5. The maximum Gasteiger partial charge on any atom is 0.260 e. The number of nitrogens with one attached hydrogen (secondary N) is 1. The molecule has 4 rings (SSSR count). The molecule has 0 aliphatic carbocycles. The summed E-state index contributed by atoms with van der Waals surface area (Å²) < 4.78 is 10.8. The SMILES string of the molecule is COc1cccc(OCC(=O)N2CCN(c3cc(Nc4cc(C)ccn4)ncn3)CC2)c1. The molecule has 2 aromatic heterocycles. The van der Waals surface area contributed by atoms with Crippen LogP contribution in [0.2, 0.25) is 0 Å². The van der Waals surface area contributed by atoms with E-state index in [9.17, 15) is 4.79 Å². The molecule has 166 valence electrons. The topological polar surface area (TPSA) is 92.7 Å². The predicted octanol–water partition coefficient (Wildman–Crippen LogP) is 2.66. The van der Waals surface area contributed by atoms with Gasteiger partial charge in [-0.1, -0.05) is 6.07 Å². The van der Waals surface area contributed by atoms with Crippen LogP contribution in [0.15, 0.2) is 55.0 Å². The van der Waals surface area contributed by atoms with Crippen LogP contribution in [0.5, 0.6) is 11.5 Å². The van der Waals surface area contributed by atoms with E-state index in [1.807, 2.05) is 42.2 Å². The number of carbonyl (C=O) groups is 1. The number of ether oxygens (including phenoxy) is 2. The summed E-state index contributed by atoms with van der Waals surface area (Å²) in [7, 11) is 1.60. The molecule has 0 atom stereocenters. The normalized spacial score (nSPS) is 13.6. The third kappa shape index (κ3) is 5.42. The molecule has 0 unspecified atom stereocenters. The van der Waals surface area contributed by atoms with Crippen molar-refractivity contribution in [2.75, 3.05) is 50.1 Å². The molecule has 1 amide bonds. The van der Waals surface area contributed by atoms with Gasteiger partial charge in [0.2, 0.25) is 0 Å². The van der Waals surface area contributed by atoms with Crippen LogP contribution in [0.25, 0.3) is 0 Å². The van der Waals surface area contributed by atoms with E-state index in [1.54, 1.807) is 25.4 Å². The maximum atomic E-state index is 12.6. The number of aryl methyl sites for hydroxylation is 1. The molecule has 0 spiro atoms. The van der Waals surface area contributed by atoms with Gasteiger partial charge in [-0.05, 0) is 36.8 Å². The van der Waals surface area contributed by atoms with Crippen LogP contribution in [0.4, 0.5) is 17.5 Å². The summed E-state index contributed by atoms with van der Waals surface area (Å²) in [5.41, 5.74) is 1.12. The average molecular weight is 435 g/mol. The Labute approximate surface area is 187 Å². The largest absolute Gasteiger partial charge is 0.497 e. The number of pyridine rings is 1. The van der Waals surface area contributed by atoms with Gasteiger partial charge in [0, 0.05) is 44.5 Å². The first kappa shape index (κ1) is 21.4. The number of nitrogens with zero attached hydrogens (tertiary/aromatic N) is 5. The lowest BCUT2D eigenvalue weighted by atomic mass is 10.3. The van der Waals surface area contributed by atoms with Crippen molar-refractivity contribution < 1.29 is 14.3 Å². The highest BCUT2D eigenvalue weighted by Gasteiger charge is 2.22. The van der Waals surface area contributed by atoms with Crippen LogP contribution in [-0.2, 0) is 4.79 Å². The van der Waals surface area contributed by atoms with Crippen molar-refractivity contribution in [3.05, 3.63) is 60.6 Å². The Morgan fingerprint density at radius 1 is 1.00 bits per heavy atom. The van der Waals surface area contributed by atoms with Crippen molar-refractivity contribution in [2.24, 2.45) is 0 Å². The summed E-state index contributed by atoms with van der Waals surface area (Å²) >= 11 is 0. The van der Waals surface area contributed by atoms with Gasteiger partial charge in [0.05, 0.1) is 7.11 Å². The zero-order valence-electron chi connectivity index (χ0n) is 18.2. The lowest BCUT2D eigenvalue weighted by Gasteiger charge is -2.35. The molecule has 3 heterocycles. The number of hydrogen-bond acceptors (Lipinski definition) is 8. The standard InChI is InChI=1S/C23H26N6O3/c1-17-6-7-24-20(12-17)27-21-14-22(26-16-25-21)28-8-10-29(11-9-28)23(30)15-32-19-5-3-4-18(13-19)31-2/h3-7,12-14,16H,8-11,15H2,1-2H3,(H,24,25,26,27). The molecule has 9 nitrogen and oxygen atoms in total. The quantitative estimate of drug-likeness (QED) is 0.607. The molecule has 1 aliphatic rings. The highest BCUT2D eigenvalue weighted by molar-refractivity contribution is 5.78. The van der Waals surface area contributed by atoms with Crippen LogP contribution < -0.4 is 19.7 Å². The number of rotatable bonds is 7. The van der Waals surface area contributed by atoms with E-state index >= 15 is 0 Å². The molecule has 0 saturated carbocycles. The van der Waals surface area contributed by atoms with Crippen LogP contribution in [0, 0.1) is 6.92 Å². The number of anilines is 3. The Hall–Kier alpha value is -3.88. The fourth-order valence-corrected chi connectivity index (χ4v) is 3.44. The number of amides is 1. The van der Waals surface area contributed by atoms with Gasteiger partial charge in [0.15, 0.2) is 6.61 Å². The molecule has 1 fully saturated rings. The molecule has 1 N–H and O–H groups in total. The Morgan fingerprint density at radius 3 is 2.56 bits per heavy atom. The Bertz CT molecular complexity index is 1070. The first-order valence-corrected chi connectivity index (χ1v) is 10.4. The van der Waals surface area contributed by atoms with Crippen LogP contribution in [-0.4, -0.2) is 65.7 Å². The summed E-state index contributed by atoms with van der Waals surface area (Å²) in [5.74, 6) is 3.50. The number of carbonyl (C=O) groups excluding carboxylic acids is 1. The molecular formula is C23H26N6O3. The minimum atomic E-state index is -0.0389. The van der Waals surface area contributed by atoms with Gasteiger partial charge in [-0.2, -0.15) is 0 Å². The second-order valence-electron chi connectivity index (χ2n) is 7.44.